The van der Waals surface area contributed by atoms with Gasteiger partial charge in [0.1, 0.15) is 11.2 Å². The minimum atomic E-state index is -0.494. The van der Waals surface area contributed by atoms with Crippen molar-refractivity contribution in [2.75, 3.05) is 25.0 Å². The molecule has 0 aliphatic rings. The molecule has 0 aliphatic carbocycles. The van der Waals surface area contributed by atoms with Crippen LogP contribution >= 0.6 is 15.9 Å². The van der Waals surface area contributed by atoms with E-state index in [1.54, 1.807) is 20.8 Å². The Balaban J connectivity index is 0. The molecular weight excluding hydrogens is 356 g/mol. The van der Waals surface area contributed by atoms with Crippen LogP contribution < -0.4 is 10.6 Å². The van der Waals surface area contributed by atoms with Crippen LogP contribution in [0.15, 0.2) is 0 Å². The maximum absolute atomic E-state index is 10.9. The smallest absolute Gasteiger partial charge is 0.407 e. The summed E-state index contributed by atoms with van der Waals surface area (Å²) in [6, 6.07) is 0. The first-order chi connectivity index (χ1) is 9.91. The molecule has 0 spiro atoms. The molecule has 3 N–H and O–H groups in total. The average Bonchev–Trinajstić information content (AvgIpc) is 2.30. The topological polar surface area (TPSA) is 96.9 Å². The zero-order valence-electron chi connectivity index (χ0n) is 14.3. The van der Waals surface area contributed by atoms with Gasteiger partial charge in [0.25, 0.3) is 0 Å². The number of halogens is 1. The molecule has 0 radical (unpaired) electrons. The van der Waals surface area contributed by atoms with Crippen molar-refractivity contribution in [3.8, 4) is 0 Å². The van der Waals surface area contributed by atoms with Crippen LogP contribution in [0.2, 0.25) is 0 Å². The Hall–Kier alpha value is -1.02. The van der Waals surface area contributed by atoms with Crippen molar-refractivity contribution >= 4 is 28.1 Å². The minimum absolute atomic E-state index is 0.0702. The fourth-order valence-electron chi connectivity index (χ4n) is 0.936. The van der Waals surface area contributed by atoms with Gasteiger partial charge in [0.15, 0.2) is 0 Å². The third kappa shape index (κ3) is 21.3. The summed E-state index contributed by atoms with van der Waals surface area (Å²) in [5.41, 5.74) is -0.879. The third-order valence-corrected chi connectivity index (χ3v) is 1.94. The number of carbonyl (C=O) groups is 2. The molecule has 8 heteroatoms. The normalized spacial score (nSPS) is 10.9. The van der Waals surface area contributed by atoms with E-state index in [4.69, 9.17) is 14.6 Å². The highest BCUT2D eigenvalue weighted by Gasteiger charge is 2.15. The van der Waals surface area contributed by atoms with E-state index in [9.17, 15) is 9.59 Å². The van der Waals surface area contributed by atoms with E-state index < -0.39 is 17.3 Å². The summed E-state index contributed by atoms with van der Waals surface area (Å²) in [6.45, 7) is 11.6. The molecule has 0 unspecified atom stereocenters. The lowest BCUT2D eigenvalue weighted by atomic mass is 10.2. The van der Waals surface area contributed by atoms with Gasteiger partial charge in [-0.2, -0.15) is 0 Å². The monoisotopic (exact) mass is 384 g/mol. The quantitative estimate of drug-likeness (QED) is 0.646. The highest BCUT2D eigenvalue weighted by atomic mass is 79.9. The van der Waals surface area contributed by atoms with Crippen molar-refractivity contribution in [3.63, 3.8) is 0 Å². The summed E-state index contributed by atoms with van der Waals surface area (Å²) in [6.07, 6.45) is -0.858. The van der Waals surface area contributed by atoms with E-state index in [1.807, 2.05) is 20.8 Å². The number of hydrogen-bond acceptors (Lipinski definition) is 5. The number of carbonyl (C=O) groups excluding carboxylic acids is 2. The van der Waals surface area contributed by atoms with Crippen molar-refractivity contribution in [3.05, 3.63) is 0 Å². The molecular formula is C14H29BrN2O5. The van der Waals surface area contributed by atoms with Gasteiger partial charge in [-0.1, -0.05) is 15.9 Å². The van der Waals surface area contributed by atoms with E-state index in [0.717, 1.165) is 5.33 Å². The van der Waals surface area contributed by atoms with Crippen molar-refractivity contribution < 1.29 is 24.2 Å². The average molecular weight is 385 g/mol. The van der Waals surface area contributed by atoms with E-state index >= 15 is 0 Å². The SMILES string of the molecule is CC(C)(C)OC(=O)NCCBr.CC(C)(C)OC(=O)NCCO. The standard InChI is InChI=1S/C7H14BrNO2.C7H15NO3/c1-7(2,3)11-6(10)9-5-4-8;1-7(2,3)11-6(10)8-4-5-9/h4-5H2,1-3H3,(H,9,10);9H,4-5H2,1-3H3,(H,8,10). The van der Waals surface area contributed by atoms with Gasteiger partial charge in [0, 0.05) is 18.4 Å². The van der Waals surface area contributed by atoms with Gasteiger partial charge in [-0.05, 0) is 41.5 Å². The summed E-state index contributed by atoms with van der Waals surface area (Å²) in [7, 11) is 0. The first-order valence-electron chi connectivity index (χ1n) is 7.02. The molecule has 132 valence electrons. The fraction of sp³-hybridized carbons (Fsp3) is 0.857. The van der Waals surface area contributed by atoms with E-state index in [0.29, 0.717) is 6.54 Å². The van der Waals surface area contributed by atoms with Crippen LogP contribution in [-0.2, 0) is 9.47 Å². The maximum Gasteiger partial charge on any atom is 0.407 e. The second-order valence-corrected chi connectivity index (χ2v) is 7.06. The molecule has 0 aromatic rings. The summed E-state index contributed by atoms with van der Waals surface area (Å²) in [5.74, 6) is 0. The van der Waals surface area contributed by atoms with Crippen molar-refractivity contribution in [1.82, 2.24) is 10.6 Å². The van der Waals surface area contributed by atoms with Crippen LogP contribution in [0.5, 0.6) is 0 Å². The Morgan fingerprint density at radius 1 is 0.909 bits per heavy atom. The number of alkyl halides is 1. The molecule has 22 heavy (non-hydrogen) atoms. The Bertz CT molecular complexity index is 292. The van der Waals surface area contributed by atoms with Gasteiger partial charge in [-0.25, -0.2) is 9.59 Å². The summed E-state index contributed by atoms with van der Waals surface area (Å²) in [4.78, 5) is 21.6. The van der Waals surface area contributed by atoms with Gasteiger partial charge in [-0.15, -0.1) is 0 Å². The lowest BCUT2D eigenvalue weighted by Gasteiger charge is -2.19. The van der Waals surface area contributed by atoms with Gasteiger partial charge in [-0.3, -0.25) is 0 Å². The van der Waals surface area contributed by atoms with Crippen LogP contribution in [0.3, 0.4) is 0 Å². The molecule has 0 saturated carbocycles. The zero-order valence-corrected chi connectivity index (χ0v) is 15.9. The van der Waals surface area contributed by atoms with Crippen LogP contribution in [-0.4, -0.2) is 53.5 Å². The zero-order chi connectivity index (χ0) is 17.8. The van der Waals surface area contributed by atoms with Crippen LogP contribution in [0.25, 0.3) is 0 Å². The lowest BCUT2D eigenvalue weighted by Crippen LogP contribution is -2.33. The minimum Gasteiger partial charge on any atom is -0.444 e. The second kappa shape index (κ2) is 11.5. The Labute approximate surface area is 141 Å². The predicted molar refractivity (Wildman–Crippen MR) is 89.4 cm³/mol. The number of aliphatic hydroxyl groups is 1. The molecule has 0 heterocycles. The first kappa shape index (κ1) is 23.2. The molecule has 0 aromatic carbocycles. The summed E-state index contributed by atoms with van der Waals surface area (Å²) in [5, 5.41) is 14.0. The highest BCUT2D eigenvalue weighted by Crippen LogP contribution is 2.06. The number of aliphatic hydroxyl groups excluding tert-OH is 1. The largest absolute Gasteiger partial charge is 0.444 e. The summed E-state index contributed by atoms with van der Waals surface area (Å²) < 4.78 is 9.85. The number of ether oxygens (including phenoxy) is 2. The fourth-order valence-corrected chi connectivity index (χ4v) is 1.13. The van der Waals surface area contributed by atoms with E-state index in [1.165, 1.54) is 0 Å². The maximum atomic E-state index is 10.9. The van der Waals surface area contributed by atoms with Crippen molar-refractivity contribution in [2.24, 2.45) is 0 Å². The molecule has 2 amide bonds. The third-order valence-electron chi connectivity index (χ3n) is 1.54. The van der Waals surface area contributed by atoms with Crippen LogP contribution in [0.1, 0.15) is 41.5 Å². The van der Waals surface area contributed by atoms with E-state index in [2.05, 4.69) is 26.6 Å². The molecule has 0 aliphatic heterocycles. The lowest BCUT2D eigenvalue weighted by molar-refractivity contribution is 0.0511. The predicted octanol–water partition coefficient (Wildman–Crippen LogP) is 2.41. The molecule has 0 fully saturated rings. The molecule has 0 atom stereocenters. The number of hydrogen-bond donors (Lipinski definition) is 3. The number of amides is 2. The number of rotatable bonds is 4. The molecule has 0 rings (SSSR count). The Kier molecular flexibility index (Phi) is 12.2. The molecule has 0 aromatic heterocycles. The Morgan fingerprint density at radius 2 is 1.27 bits per heavy atom. The highest BCUT2D eigenvalue weighted by molar-refractivity contribution is 9.09. The Morgan fingerprint density at radius 3 is 1.55 bits per heavy atom. The van der Waals surface area contributed by atoms with Gasteiger partial charge in [0.2, 0.25) is 0 Å². The van der Waals surface area contributed by atoms with Crippen molar-refractivity contribution in [2.45, 2.75) is 52.7 Å². The first-order valence-corrected chi connectivity index (χ1v) is 8.14. The molecule has 0 bridgehead atoms. The van der Waals surface area contributed by atoms with E-state index in [-0.39, 0.29) is 19.2 Å². The molecule has 7 nitrogen and oxygen atoms in total. The van der Waals surface area contributed by atoms with Gasteiger partial charge in [0.05, 0.1) is 6.61 Å². The van der Waals surface area contributed by atoms with Gasteiger partial charge >= 0.3 is 12.2 Å². The number of nitrogens with one attached hydrogen (secondary N) is 2. The molecule has 0 saturated heterocycles. The second-order valence-electron chi connectivity index (χ2n) is 6.27. The van der Waals surface area contributed by atoms with Crippen molar-refractivity contribution in [1.29, 1.82) is 0 Å². The number of alkyl carbamates (subject to hydrolysis) is 2. The van der Waals surface area contributed by atoms with Crippen LogP contribution in [0.4, 0.5) is 9.59 Å². The summed E-state index contributed by atoms with van der Waals surface area (Å²) >= 11 is 3.19. The van der Waals surface area contributed by atoms with Crippen LogP contribution in [0, 0.1) is 0 Å². The van der Waals surface area contributed by atoms with Gasteiger partial charge < -0.3 is 25.2 Å².